The smallest absolute Gasteiger partial charge is 0.303 e. The monoisotopic (exact) mass is 402 g/mol. The van der Waals surface area contributed by atoms with E-state index in [0.29, 0.717) is 12.8 Å². The molecule has 4 nitrogen and oxygen atoms in total. The van der Waals surface area contributed by atoms with Crippen LogP contribution in [0.15, 0.2) is 24.3 Å². The molecule has 29 heavy (non-hydrogen) atoms. The van der Waals surface area contributed by atoms with Crippen LogP contribution in [-0.2, 0) is 11.2 Å². The van der Waals surface area contributed by atoms with Crippen LogP contribution in [0, 0.1) is 26.6 Å². The molecule has 0 radical (unpaired) electrons. The molecule has 0 heterocycles. The van der Waals surface area contributed by atoms with Crippen molar-refractivity contribution in [3.8, 4) is 5.75 Å². The molecule has 0 spiro atoms. The zero-order valence-electron chi connectivity index (χ0n) is 17.5. The van der Waals surface area contributed by atoms with Crippen molar-refractivity contribution in [3.05, 3.63) is 63.5 Å². The Labute approximate surface area is 172 Å². The van der Waals surface area contributed by atoms with Crippen molar-refractivity contribution in [2.24, 2.45) is 0 Å². The molecule has 2 rings (SSSR count). The molecular formula is C24H31FO4. The minimum Gasteiger partial charge on any atom is -0.507 e. The summed E-state index contributed by atoms with van der Waals surface area (Å²) >= 11 is 0. The minimum absolute atomic E-state index is 0.0295. The summed E-state index contributed by atoms with van der Waals surface area (Å²) in [4.78, 5) is 10.7. The number of hydrogen-bond donors (Lipinski definition) is 3. The van der Waals surface area contributed by atoms with Crippen molar-refractivity contribution in [1.82, 2.24) is 0 Å². The molecule has 0 fully saturated rings. The number of phenolic OH excluding ortho intramolecular Hbond substituents is 1. The van der Waals surface area contributed by atoms with E-state index in [4.69, 9.17) is 5.11 Å². The van der Waals surface area contributed by atoms with E-state index in [1.165, 1.54) is 12.1 Å². The number of aromatic hydroxyl groups is 1. The molecule has 3 N–H and O–H groups in total. The highest BCUT2D eigenvalue weighted by molar-refractivity contribution is 5.66. The fraction of sp³-hybridized carbons (Fsp3) is 0.458. The Morgan fingerprint density at radius 3 is 2.24 bits per heavy atom. The summed E-state index contributed by atoms with van der Waals surface area (Å²) in [5.41, 5.74) is 5.52. The normalized spacial score (nSPS) is 12.2. The molecule has 1 unspecified atom stereocenters. The van der Waals surface area contributed by atoms with Crippen molar-refractivity contribution < 1.29 is 24.5 Å². The van der Waals surface area contributed by atoms with E-state index < -0.39 is 5.97 Å². The number of phenols is 1. The summed E-state index contributed by atoms with van der Waals surface area (Å²) < 4.78 is 13.5. The number of benzene rings is 2. The molecule has 0 saturated heterocycles. The van der Waals surface area contributed by atoms with E-state index in [2.05, 4.69) is 0 Å². The van der Waals surface area contributed by atoms with Gasteiger partial charge in [-0.2, -0.15) is 0 Å². The summed E-state index contributed by atoms with van der Waals surface area (Å²) in [6.07, 6.45) is 3.57. The molecule has 0 saturated carbocycles. The maximum atomic E-state index is 13.5. The number of unbranched alkanes of at least 4 members (excludes halogenated alkanes) is 2. The molecular weight excluding hydrogens is 371 g/mol. The van der Waals surface area contributed by atoms with Crippen molar-refractivity contribution in [1.29, 1.82) is 0 Å². The number of aliphatic hydroxyl groups excluding tert-OH is 1. The summed E-state index contributed by atoms with van der Waals surface area (Å²) in [5.74, 6) is -0.981. The number of carboxylic acids is 1. The molecule has 5 heteroatoms. The van der Waals surface area contributed by atoms with Crippen LogP contribution >= 0.6 is 0 Å². The summed E-state index contributed by atoms with van der Waals surface area (Å²) in [6.45, 7) is 5.83. The van der Waals surface area contributed by atoms with Gasteiger partial charge in [0.1, 0.15) is 11.6 Å². The van der Waals surface area contributed by atoms with Crippen LogP contribution in [0.4, 0.5) is 4.39 Å². The van der Waals surface area contributed by atoms with E-state index in [9.17, 15) is 19.4 Å². The SMILES string of the molecule is Cc1c(C)c(CCO)c(C)c(C(CCCCCC(=O)O)c2ccc(F)cc2)c1O. The number of aliphatic hydroxyl groups is 1. The fourth-order valence-corrected chi connectivity index (χ4v) is 4.11. The van der Waals surface area contributed by atoms with Crippen molar-refractivity contribution in [2.75, 3.05) is 6.61 Å². The Balaban J connectivity index is 2.45. The lowest BCUT2D eigenvalue weighted by molar-refractivity contribution is -0.137. The van der Waals surface area contributed by atoms with Gasteiger partial charge in [-0.25, -0.2) is 4.39 Å². The summed E-state index contributed by atoms with van der Waals surface area (Å²) in [5, 5.41) is 29.3. The van der Waals surface area contributed by atoms with Crippen LogP contribution in [0.2, 0.25) is 0 Å². The van der Waals surface area contributed by atoms with Gasteiger partial charge < -0.3 is 15.3 Å². The second-order valence-electron chi connectivity index (χ2n) is 7.69. The average molecular weight is 403 g/mol. The van der Waals surface area contributed by atoms with Gasteiger partial charge in [0, 0.05) is 24.5 Å². The van der Waals surface area contributed by atoms with E-state index in [1.54, 1.807) is 12.1 Å². The van der Waals surface area contributed by atoms with Gasteiger partial charge in [0.05, 0.1) is 0 Å². The number of carboxylic acid groups (broad SMARTS) is 1. The predicted octanol–water partition coefficient (Wildman–Crippen LogP) is 5.16. The number of halogens is 1. The van der Waals surface area contributed by atoms with Crippen LogP contribution < -0.4 is 0 Å². The van der Waals surface area contributed by atoms with Crippen molar-refractivity contribution in [2.45, 2.75) is 65.2 Å². The van der Waals surface area contributed by atoms with Gasteiger partial charge in [-0.3, -0.25) is 4.79 Å². The van der Waals surface area contributed by atoms with Gasteiger partial charge in [-0.05, 0) is 80.0 Å². The van der Waals surface area contributed by atoms with Crippen LogP contribution in [0.5, 0.6) is 5.75 Å². The molecule has 2 aromatic rings. The molecule has 2 aromatic carbocycles. The Hall–Kier alpha value is -2.40. The molecule has 0 bridgehead atoms. The first-order valence-electron chi connectivity index (χ1n) is 10.2. The second kappa shape index (κ2) is 10.4. The fourth-order valence-electron chi connectivity index (χ4n) is 4.11. The number of aliphatic carboxylic acids is 1. The van der Waals surface area contributed by atoms with E-state index in [1.807, 2.05) is 20.8 Å². The lowest BCUT2D eigenvalue weighted by atomic mass is 9.79. The first kappa shape index (κ1) is 22.9. The zero-order valence-corrected chi connectivity index (χ0v) is 17.5. The lowest BCUT2D eigenvalue weighted by Gasteiger charge is -2.26. The zero-order chi connectivity index (χ0) is 21.6. The van der Waals surface area contributed by atoms with Gasteiger partial charge in [-0.15, -0.1) is 0 Å². The molecule has 0 amide bonds. The Morgan fingerprint density at radius 1 is 1.00 bits per heavy atom. The van der Waals surface area contributed by atoms with E-state index >= 15 is 0 Å². The molecule has 1 atom stereocenters. The van der Waals surface area contributed by atoms with Crippen LogP contribution in [0.1, 0.15) is 71.4 Å². The third-order valence-electron chi connectivity index (χ3n) is 5.85. The van der Waals surface area contributed by atoms with Crippen LogP contribution in [0.3, 0.4) is 0 Å². The highest BCUT2D eigenvalue weighted by atomic mass is 19.1. The van der Waals surface area contributed by atoms with Crippen molar-refractivity contribution >= 4 is 5.97 Å². The molecule has 158 valence electrons. The highest BCUT2D eigenvalue weighted by Gasteiger charge is 2.24. The summed E-state index contributed by atoms with van der Waals surface area (Å²) in [6, 6.07) is 6.34. The summed E-state index contributed by atoms with van der Waals surface area (Å²) in [7, 11) is 0. The largest absolute Gasteiger partial charge is 0.507 e. The maximum Gasteiger partial charge on any atom is 0.303 e. The predicted molar refractivity (Wildman–Crippen MR) is 112 cm³/mol. The number of hydrogen-bond acceptors (Lipinski definition) is 3. The molecule has 0 aliphatic carbocycles. The van der Waals surface area contributed by atoms with Gasteiger partial charge >= 0.3 is 5.97 Å². The van der Waals surface area contributed by atoms with Crippen LogP contribution in [-0.4, -0.2) is 27.9 Å². The van der Waals surface area contributed by atoms with Crippen LogP contribution in [0.25, 0.3) is 0 Å². The average Bonchev–Trinajstić information content (AvgIpc) is 2.68. The van der Waals surface area contributed by atoms with Gasteiger partial charge in [0.2, 0.25) is 0 Å². The number of rotatable bonds is 10. The first-order chi connectivity index (χ1) is 13.8. The van der Waals surface area contributed by atoms with E-state index in [-0.39, 0.29) is 30.5 Å². The highest BCUT2D eigenvalue weighted by Crippen LogP contribution is 2.42. The topological polar surface area (TPSA) is 77.8 Å². The third-order valence-corrected chi connectivity index (χ3v) is 5.85. The second-order valence-corrected chi connectivity index (χ2v) is 7.69. The van der Waals surface area contributed by atoms with Crippen molar-refractivity contribution in [3.63, 3.8) is 0 Å². The Bertz CT molecular complexity index is 843. The minimum atomic E-state index is -0.795. The van der Waals surface area contributed by atoms with Gasteiger partial charge in [0.15, 0.2) is 0 Å². The first-order valence-corrected chi connectivity index (χ1v) is 10.2. The van der Waals surface area contributed by atoms with Gasteiger partial charge in [-0.1, -0.05) is 25.0 Å². The maximum absolute atomic E-state index is 13.5. The molecule has 0 aliphatic heterocycles. The molecule has 0 aliphatic rings. The Kier molecular flexibility index (Phi) is 8.21. The lowest BCUT2D eigenvalue weighted by Crippen LogP contribution is -2.10. The van der Waals surface area contributed by atoms with E-state index in [0.717, 1.165) is 52.6 Å². The third kappa shape index (κ3) is 5.57. The van der Waals surface area contributed by atoms with Gasteiger partial charge in [0.25, 0.3) is 0 Å². The number of carbonyl (C=O) groups is 1. The quantitative estimate of drug-likeness (QED) is 0.480. The standard InChI is InChI=1S/C24H31FO4/c1-15-16(2)24(29)23(17(3)20(15)13-14-26)21(7-5-4-6-8-22(27)28)18-9-11-19(25)12-10-18/h9-12,21,26,29H,4-8,13-14H2,1-3H3,(H,27,28). The Morgan fingerprint density at radius 2 is 1.66 bits per heavy atom. The molecule has 0 aromatic heterocycles.